The van der Waals surface area contributed by atoms with Crippen LogP contribution in [0.4, 0.5) is 0 Å². The smallest absolute Gasteiger partial charge is 0.251 e. The molecule has 0 radical (unpaired) electrons. The first-order valence-electron chi connectivity index (χ1n) is 9.46. The van der Waals surface area contributed by atoms with E-state index in [1.54, 1.807) is 0 Å². The first kappa shape index (κ1) is 16.6. The quantitative estimate of drug-likeness (QED) is 0.883. The third-order valence-electron chi connectivity index (χ3n) is 5.89. The molecule has 2 heterocycles. The molecular weight excluding hydrogens is 316 g/mol. The normalized spacial score (nSPS) is 28.5. The maximum Gasteiger partial charge on any atom is 0.251 e. The highest BCUT2D eigenvalue weighted by atomic mass is 16.5. The summed E-state index contributed by atoms with van der Waals surface area (Å²) in [4.78, 5) is 24.8. The molecule has 0 saturated carbocycles. The van der Waals surface area contributed by atoms with Crippen LogP contribution in [0.1, 0.15) is 59.2 Å². The van der Waals surface area contributed by atoms with Crippen molar-refractivity contribution in [2.45, 2.75) is 70.1 Å². The van der Waals surface area contributed by atoms with Crippen molar-refractivity contribution in [1.29, 1.82) is 0 Å². The van der Waals surface area contributed by atoms with Crippen LogP contribution in [0.2, 0.25) is 0 Å². The van der Waals surface area contributed by atoms with Gasteiger partial charge in [-0.2, -0.15) is 0 Å². The number of benzene rings is 1. The van der Waals surface area contributed by atoms with Gasteiger partial charge in [0.2, 0.25) is 5.91 Å². The molecule has 4 rings (SSSR count). The second kappa shape index (κ2) is 6.79. The first-order chi connectivity index (χ1) is 12.1. The van der Waals surface area contributed by atoms with Crippen LogP contribution in [0.3, 0.4) is 0 Å². The molecular formula is C20H26N2O3. The van der Waals surface area contributed by atoms with Crippen LogP contribution < -0.4 is 10.6 Å². The lowest BCUT2D eigenvalue weighted by atomic mass is 9.91. The lowest BCUT2D eigenvalue weighted by molar-refractivity contribution is -0.125. The predicted molar refractivity (Wildman–Crippen MR) is 94.6 cm³/mol. The van der Waals surface area contributed by atoms with Crippen LogP contribution in [-0.2, 0) is 22.4 Å². The topological polar surface area (TPSA) is 67.4 Å². The number of carbonyl (C=O) groups excluding carboxylic acids is 2. The fraction of sp³-hybridized carbons (Fsp3) is 0.600. The second-order valence-corrected chi connectivity index (χ2v) is 7.50. The number of ether oxygens (including phenoxy) is 1. The summed E-state index contributed by atoms with van der Waals surface area (Å²) in [6.45, 7) is 2.86. The Kier molecular flexibility index (Phi) is 4.50. The highest BCUT2D eigenvalue weighted by molar-refractivity contribution is 5.96. The van der Waals surface area contributed by atoms with E-state index in [2.05, 4.69) is 23.6 Å². The van der Waals surface area contributed by atoms with E-state index in [1.165, 1.54) is 16.7 Å². The van der Waals surface area contributed by atoms with Crippen molar-refractivity contribution >= 4 is 11.8 Å². The fourth-order valence-corrected chi connectivity index (χ4v) is 4.57. The largest absolute Gasteiger partial charge is 0.376 e. The molecule has 1 aliphatic carbocycles. The summed E-state index contributed by atoms with van der Waals surface area (Å²) in [6, 6.07) is 3.83. The molecule has 0 bridgehead atoms. The Morgan fingerprint density at radius 1 is 1.16 bits per heavy atom. The number of rotatable bonds is 3. The summed E-state index contributed by atoms with van der Waals surface area (Å²) >= 11 is 0. The number of hydrogen-bond donors (Lipinski definition) is 2. The molecule has 3 atom stereocenters. The number of fused-ring (bicyclic) bond motifs is 1. The number of nitrogens with one attached hydrogen (secondary N) is 2. The Morgan fingerprint density at radius 2 is 2.00 bits per heavy atom. The molecule has 1 aromatic carbocycles. The molecule has 3 unspecified atom stereocenters. The van der Waals surface area contributed by atoms with E-state index in [0.717, 1.165) is 44.3 Å². The first-order valence-corrected chi connectivity index (χ1v) is 9.46. The molecule has 2 aliphatic heterocycles. The summed E-state index contributed by atoms with van der Waals surface area (Å²) < 4.78 is 5.78. The second-order valence-electron chi connectivity index (χ2n) is 7.50. The van der Waals surface area contributed by atoms with Crippen molar-refractivity contribution < 1.29 is 14.3 Å². The van der Waals surface area contributed by atoms with Crippen LogP contribution in [0.25, 0.3) is 0 Å². The minimum Gasteiger partial charge on any atom is -0.376 e. The van der Waals surface area contributed by atoms with Gasteiger partial charge in [0.1, 0.15) is 0 Å². The standard InChI is InChI=1S/C20H26N2O3/c1-12-7-8-15(14-5-2-4-13(12)14)20(24)21-16-9-10-18(23)22-19(16)17-6-3-11-25-17/h7-8,16-17,19H,2-6,9-11H2,1H3,(H,21,24)(H,22,23). The van der Waals surface area contributed by atoms with Gasteiger partial charge in [-0.3, -0.25) is 9.59 Å². The van der Waals surface area contributed by atoms with E-state index < -0.39 is 0 Å². The van der Waals surface area contributed by atoms with Gasteiger partial charge >= 0.3 is 0 Å². The van der Waals surface area contributed by atoms with Crippen LogP contribution in [0.5, 0.6) is 0 Å². The zero-order valence-electron chi connectivity index (χ0n) is 14.8. The number of hydrogen-bond acceptors (Lipinski definition) is 3. The molecule has 1 aromatic rings. The summed E-state index contributed by atoms with van der Waals surface area (Å²) in [6.07, 6.45) is 6.28. The third kappa shape index (κ3) is 3.17. The number of carbonyl (C=O) groups is 2. The van der Waals surface area contributed by atoms with E-state index in [4.69, 9.17) is 4.74 Å². The van der Waals surface area contributed by atoms with Gasteiger partial charge in [0.25, 0.3) is 5.91 Å². The monoisotopic (exact) mass is 342 g/mol. The van der Waals surface area contributed by atoms with Crippen molar-refractivity contribution in [1.82, 2.24) is 10.6 Å². The highest BCUT2D eigenvalue weighted by Gasteiger charge is 2.38. The molecule has 2 N–H and O–H groups in total. The van der Waals surface area contributed by atoms with Crippen molar-refractivity contribution in [3.8, 4) is 0 Å². The van der Waals surface area contributed by atoms with E-state index in [9.17, 15) is 9.59 Å². The molecule has 5 heteroatoms. The maximum absolute atomic E-state index is 13.0. The summed E-state index contributed by atoms with van der Waals surface area (Å²) in [7, 11) is 0. The summed E-state index contributed by atoms with van der Waals surface area (Å²) in [5.74, 6) is 0.0459. The maximum atomic E-state index is 13.0. The van der Waals surface area contributed by atoms with Crippen molar-refractivity contribution in [3.63, 3.8) is 0 Å². The highest BCUT2D eigenvalue weighted by Crippen LogP contribution is 2.29. The molecule has 2 fully saturated rings. The lowest BCUT2D eigenvalue weighted by Gasteiger charge is -2.36. The molecule has 3 aliphatic rings. The van der Waals surface area contributed by atoms with E-state index in [1.807, 2.05) is 6.07 Å². The van der Waals surface area contributed by atoms with Crippen LogP contribution >= 0.6 is 0 Å². The van der Waals surface area contributed by atoms with Crippen LogP contribution in [0, 0.1) is 6.92 Å². The van der Waals surface area contributed by atoms with Gasteiger partial charge in [-0.25, -0.2) is 0 Å². The Bertz CT molecular complexity index is 694. The van der Waals surface area contributed by atoms with Crippen LogP contribution in [-0.4, -0.2) is 36.6 Å². The van der Waals surface area contributed by atoms with Gasteiger partial charge in [-0.1, -0.05) is 6.07 Å². The SMILES string of the molecule is Cc1ccc(C(=O)NC2CCC(=O)NC2C2CCCO2)c2c1CCC2. The number of piperidine rings is 1. The third-order valence-corrected chi connectivity index (χ3v) is 5.89. The van der Waals surface area contributed by atoms with E-state index in [-0.39, 0.29) is 30.0 Å². The summed E-state index contributed by atoms with van der Waals surface area (Å²) in [5.41, 5.74) is 4.65. The van der Waals surface area contributed by atoms with E-state index in [0.29, 0.717) is 12.8 Å². The minimum atomic E-state index is -0.119. The molecule has 134 valence electrons. The Morgan fingerprint density at radius 3 is 2.80 bits per heavy atom. The molecule has 25 heavy (non-hydrogen) atoms. The molecule has 0 aromatic heterocycles. The van der Waals surface area contributed by atoms with Crippen molar-refractivity contribution in [2.24, 2.45) is 0 Å². The van der Waals surface area contributed by atoms with Crippen molar-refractivity contribution in [2.75, 3.05) is 6.61 Å². The zero-order valence-corrected chi connectivity index (χ0v) is 14.8. The van der Waals surface area contributed by atoms with Crippen molar-refractivity contribution in [3.05, 3.63) is 34.4 Å². The zero-order chi connectivity index (χ0) is 17.4. The van der Waals surface area contributed by atoms with Gasteiger partial charge in [0.15, 0.2) is 0 Å². The molecule has 5 nitrogen and oxygen atoms in total. The molecule has 2 saturated heterocycles. The van der Waals surface area contributed by atoms with Gasteiger partial charge in [0, 0.05) is 18.6 Å². The lowest BCUT2D eigenvalue weighted by Crippen LogP contribution is -2.60. The minimum absolute atomic E-state index is 0.0118. The van der Waals surface area contributed by atoms with Crippen LogP contribution in [0.15, 0.2) is 12.1 Å². The number of aryl methyl sites for hydroxylation is 1. The number of amides is 2. The molecule has 2 amide bonds. The average molecular weight is 342 g/mol. The Balaban J connectivity index is 1.53. The average Bonchev–Trinajstić information content (AvgIpc) is 3.28. The molecule has 0 spiro atoms. The summed E-state index contributed by atoms with van der Waals surface area (Å²) in [5, 5.41) is 6.25. The van der Waals surface area contributed by atoms with Gasteiger partial charge in [-0.05, 0) is 68.2 Å². The van der Waals surface area contributed by atoms with E-state index >= 15 is 0 Å². The van der Waals surface area contributed by atoms with Gasteiger partial charge in [-0.15, -0.1) is 0 Å². The van der Waals surface area contributed by atoms with Gasteiger partial charge < -0.3 is 15.4 Å². The predicted octanol–water partition coefficient (Wildman–Crippen LogP) is 2.04. The fourth-order valence-electron chi connectivity index (χ4n) is 4.57. The Labute approximate surface area is 148 Å². The van der Waals surface area contributed by atoms with Gasteiger partial charge in [0.05, 0.1) is 18.2 Å². The Hall–Kier alpha value is -1.88.